The molecule has 0 aromatic heterocycles. The first kappa shape index (κ1) is 7.44. The Morgan fingerprint density at radius 2 is 2.29 bits per heavy atom. The van der Waals surface area contributed by atoms with E-state index < -0.39 is 0 Å². The van der Waals surface area contributed by atoms with E-state index in [0.29, 0.717) is 0 Å². The molecule has 0 aromatic carbocycles. The third-order valence-corrected chi connectivity index (χ3v) is 1.23. The lowest BCUT2D eigenvalue weighted by Gasteiger charge is -2.00. The van der Waals surface area contributed by atoms with E-state index in [1.165, 1.54) is 0 Å². The molecule has 0 aliphatic carbocycles. The predicted molar refractivity (Wildman–Crippen MR) is 34.3 cm³/mol. The van der Waals surface area contributed by atoms with Crippen molar-refractivity contribution in [2.24, 2.45) is 5.92 Å². The van der Waals surface area contributed by atoms with Gasteiger partial charge in [0.05, 0.1) is 0 Å². The fourth-order valence-corrected chi connectivity index (χ4v) is 0.893. The Labute approximate surface area is 52.9 Å². The maximum atomic E-state index is 8.38. The van der Waals surface area contributed by atoms with Crippen LogP contribution in [0.1, 0.15) is 6.42 Å². The van der Waals surface area contributed by atoms with Gasteiger partial charge in [-0.25, -0.2) is 0 Å². The highest BCUT2D eigenvalue weighted by Gasteiger charge is 1.94. The molecule has 0 fully saturated rings. The fourth-order valence-electron chi connectivity index (χ4n) is 0.246. The second-order valence-electron chi connectivity index (χ2n) is 1.53. The van der Waals surface area contributed by atoms with Crippen LogP contribution in [-0.4, -0.2) is 17.0 Å². The van der Waals surface area contributed by atoms with Gasteiger partial charge in [-0.1, -0.05) is 15.9 Å². The van der Waals surface area contributed by atoms with E-state index in [-0.39, 0.29) is 12.5 Å². The normalized spacial score (nSPS) is 14.1. The highest BCUT2D eigenvalue weighted by Crippen LogP contribution is 2.00. The molecule has 7 heavy (non-hydrogen) atoms. The van der Waals surface area contributed by atoms with Crippen LogP contribution in [0.2, 0.25) is 0 Å². The Morgan fingerprint density at radius 1 is 1.71 bits per heavy atom. The molecule has 0 spiro atoms. The highest BCUT2D eigenvalue weighted by molar-refractivity contribution is 9.09. The molecule has 0 aliphatic rings. The first-order chi connectivity index (χ1) is 3.31. The van der Waals surface area contributed by atoms with Gasteiger partial charge in [0, 0.05) is 11.9 Å². The summed E-state index contributed by atoms with van der Waals surface area (Å²) >= 11 is 3.24. The van der Waals surface area contributed by atoms with Crippen molar-refractivity contribution >= 4 is 15.9 Å². The van der Waals surface area contributed by atoms with Crippen LogP contribution in [0.4, 0.5) is 0 Å². The van der Waals surface area contributed by atoms with E-state index in [0.717, 1.165) is 11.8 Å². The first-order valence-corrected chi connectivity index (χ1v) is 3.43. The zero-order valence-corrected chi connectivity index (χ0v) is 5.82. The molecule has 0 bridgehead atoms. The lowest BCUT2D eigenvalue weighted by atomic mass is 10.1. The zero-order valence-electron chi connectivity index (χ0n) is 4.23. The Hall–Kier alpha value is 0.440. The summed E-state index contributed by atoms with van der Waals surface area (Å²) in [5, 5.41) is 9.31. The monoisotopic (exact) mass is 165 g/mol. The van der Waals surface area contributed by atoms with Gasteiger partial charge in [-0.2, -0.15) is 0 Å². The van der Waals surface area contributed by atoms with Gasteiger partial charge in [-0.15, -0.1) is 0 Å². The van der Waals surface area contributed by atoms with Crippen molar-refractivity contribution in [3.05, 3.63) is 6.92 Å². The topological polar surface area (TPSA) is 20.2 Å². The third kappa shape index (κ3) is 4.29. The van der Waals surface area contributed by atoms with E-state index in [9.17, 15) is 0 Å². The first-order valence-electron chi connectivity index (χ1n) is 2.31. The summed E-state index contributed by atoms with van der Waals surface area (Å²) in [7, 11) is 0. The van der Waals surface area contributed by atoms with E-state index in [1.807, 2.05) is 0 Å². The predicted octanol–water partition coefficient (Wildman–Crippen LogP) is 1.21. The molecule has 0 rings (SSSR count). The van der Waals surface area contributed by atoms with Crippen molar-refractivity contribution in [1.82, 2.24) is 0 Å². The Bertz CT molecular complexity index is 39.1. The second kappa shape index (κ2) is 4.60. The summed E-state index contributed by atoms with van der Waals surface area (Å²) in [6.45, 7) is 3.87. The SMILES string of the molecule is [CH2]C(CO)CCBr. The van der Waals surface area contributed by atoms with Gasteiger partial charge in [-0.3, -0.25) is 0 Å². The van der Waals surface area contributed by atoms with Crippen LogP contribution >= 0.6 is 15.9 Å². The van der Waals surface area contributed by atoms with Crippen molar-refractivity contribution < 1.29 is 5.11 Å². The van der Waals surface area contributed by atoms with Crippen LogP contribution in [0.5, 0.6) is 0 Å². The number of alkyl halides is 1. The average Bonchev–Trinajstić information content (AvgIpc) is 1.68. The van der Waals surface area contributed by atoms with Crippen LogP contribution in [0.25, 0.3) is 0 Å². The van der Waals surface area contributed by atoms with Gasteiger partial charge in [0.2, 0.25) is 0 Å². The molecular weight excluding hydrogens is 156 g/mol. The van der Waals surface area contributed by atoms with Crippen molar-refractivity contribution in [1.29, 1.82) is 0 Å². The molecule has 0 saturated carbocycles. The summed E-state index contributed by atoms with van der Waals surface area (Å²) < 4.78 is 0. The number of halogens is 1. The Morgan fingerprint density at radius 3 is 2.43 bits per heavy atom. The minimum Gasteiger partial charge on any atom is -0.396 e. The Balaban J connectivity index is 2.83. The van der Waals surface area contributed by atoms with Crippen molar-refractivity contribution in [3.63, 3.8) is 0 Å². The molecule has 0 saturated heterocycles. The van der Waals surface area contributed by atoms with Crippen LogP contribution in [0, 0.1) is 12.8 Å². The summed E-state index contributed by atoms with van der Waals surface area (Å²) in [6.07, 6.45) is 0.955. The van der Waals surface area contributed by atoms with Crippen LogP contribution in [-0.2, 0) is 0 Å². The quantitative estimate of drug-likeness (QED) is 0.625. The molecule has 0 amide bonds. The molecule has 0 aromatic rings. The lowest BCUT2D eigenvalue weighted by Crippen LogP contribution is -2.00. The smallest absolute Gasteiger partial charge is 0.0459 e. The maximum absolute atomic E-state index is 8.38. The standard InChI is InChI=1S/C5H10BrO/c1-5(4-7)2-3-6/h5,7H,1-4H2. The molecule has 1 nitrogen and oxygen atoms in total. The summed E-state index contributed by atoms with van der Waals surface area (Å²) in [4.78, 5) is 0. The van der Waals surface area contributed by atoms with E-state index in [1.54, 1.807) is 0 Å². The second-order valence-corrected chi connectivity index (χ2v) is 2.32. The molecule has 43 valence electrons. The molecule has 1 atom stereocenters. The number of aliphatic hydroxyl groups is 1. The molecule has 0 heterocycles. The van der Waals surface area contributed by atoms with Gasteiger partial charge in [0.1, 0.15) is 0 Å². The number of hydrogen-bond acceptors (Lipinski definition) is 1. The third-order valence-electron chi connectivity index (χ3n) is 0.776. The maximum Gasteiger partial charge on any atom is 0.0459 e. The van der Waals surface area contributed by atoms with Crippen molar-refractivity contribution in [2.45, 2.75) is 6.42 Å². The van der Waals surface area contributed by atoms with Crippen molar-refractivity contribution in [2.75, 3.05) is 11.9 Å². The van der Waals surface area contributed by atoms with Gasteiger partial charge in [-0.05, 0) is 19.3 Å². The van der Waals surface area contributed by atoms with Gasteiger partial charge in [0.25, 0.3) is 0 Å². The van der Waals surface area contributed by atoms with Gasteiger partial charge in [0.15, 0.2) is 0 Å². The molecule has 1 unspecified atom stereocenters. The summed E-state index contributed by atoms with van der Waals surface area (Å²) in [5.41, 5.74) is 0. The van der Waals surface area contributed by atoms with Gasteiger partial charge < -0.3 is 5.11 Å². The van der Waals surface area contributed by atoms with Crippen LogP contribution in [0.15, 0.2) is 0 Å². The minimum atomic E-state index is 0.200. The number of hydrogen-bond donors (Lipinski definition) is 1. The molecule has 0 aliphatic heterocycles. The zero-order chi connectivity index (χ0) is 5.70. The van der Waals surface area contributed by atoms with E-state index in [2.05, 4.69) is 22.9 Å². The average molecular weight is 166 g/mol. The van der Waals surface area contributed by atoms with Gasteiger partial charge >= 0.3 is 0 Å². The molecule has 1 radical (unpaired) electrons. The number of rotatable bonds is 3. The largest absolute Gasteiger partial charge is 0.396 e. The lowest BCUT2D eigenvalue weighted by molar-refractivity contribution is 0.249. The fraction of sp³-hybridized carbons (Fsp3) is 0.800. The highest BCUT2D eigenvalue weighted by atomic mass is 79.9. The van der Waals surface area contributed by atoms with E-state index in [4.69, 9.17) is 5.11 Å². The molecule has 2 heteroatoms. The minimum absolute atomic E-state index is 0.200. The van der Waals surface area contributed by atoms with Crippen molar-refractivity contribution in [3.8, 4) is 0 Å². The van der Waals surface area contributed by atoms with Crippen LogP contribution < -0.4 is 0 Å². The Kier molecular flexibility index (Phi) is 4.88. The summed E-state index contributed by atoms with van der Waals surface area (Å²) in [5.74, 6) is 0.208. The van der Waals surface area contributed by atoms with Crippen LogP contribution in [0.3, 0.4) is 0 Å². The van der Waals surface area contributed by atoms with E-state index >= 15 is 0 Å². The number of aliphatic hydroxyl groups excluding tert-OH is 1. The molecular formula is C5H10BrO. The summed E-state index contributed by atoms with van der Waals surface area (Å²) in [6, 6.07) is 0. The molecule has 1 N–H and O–H groups in total.